The van der Waals surface area contributed by atoms with E-state index in [2.05, 4.69) is 4.98 Å². The highest BCUT2D eigenvalue weighted by Gasteiger charge is 2.00. The van der Waals surface area contributed by atoms with E-state index in [1.165, 1.54) is 0 Å². The van der Waals surface area contributed by atoms with E-state index in [9.17, 15) is 0 Å². The predicted molar refractivity (Wildman–Crippen MR) is 60.7 cm³/mol. The van der Waals surface area contributed by atoms with Gasteiger partial charge in [-0.05, 0) is 6.92 Å². The van der Waals surface area contributed by atoms with Crippen LogP contribution in [0.3, 0.4) is 0 Å². The van der Waals surface area contributed by atoms with Crippen LogP contribution in [0.4, 0.5) is 0 Å². The van der Waals surface area contributed by atoms with Gasteiger partial charge in [0.2, 0.25) is 0 Å². The lowest BCUT2D eigenvalue weighted by molar-refractivity contribution is 0.413. The molecule has 1 aromatic heterocycles. The Bertz CT molecular complexity index is 291. The van der Waals surface area contributed by atoms with Gasteiger partial charge in [0.05, 0.1) is 12.8 Å². The van der Waals surface area contributed by atoms with E-state index in [-0.39, 0.29) is 0 Å². The van der Waals surface area contributed by atoms with Crippen LogP contribution in [0.15, 0.2) is 12.1 Å². The topological polar surface area (TPSA) is 48.1 Å². The van der Waals surface area contributed by atoms with E-state index in [0.717, 1.165) is 28.6 Å². The summed E-state index contributed by atoms with van der Waals surface area (Å²) >= 11 is 1.79. The Labute approximate surface area is 89.1 Å². The van der Waals surface area contributed by atoms with Crippen LogP contribution in [0.25, 0.3) is 0 Å². The van der Waals surface area contributed by atoms with Crippen LogP contribution in [0.1, 0.15) is 11.4 Å². The summed E-state index contributed by atoms with van der Waals surface area (Å²) in [5.41, 5.74) is 7.46. The molecule has 2 N–H and O–H groups in total. The average Bonchev–Trinajstić information content (AvgIpc) is 2.17. The largest absolute Gasteiger partial charge is 0.497 e. The Morgan fingerprint density at radius 3 is 2.93 bits per heavy atom. The molecule has 3 nitrogen and oxygen atoms in total. The molecule has 0 aliphatic rings. The molecule has 1 heterocycles. The molecule has 0 aliphatic heterocycles. The quantitative estimate of drug-likeness (QED) is 0.753. The Morgan fingerprint density at radius 1 is 1.50 bits per heavy atom. The average molecular weight is 212 g/mol. The lowest BCUT2D eigenvalue weighted by Gasteiger charge is -2.05. The van der Waals surface area contributed by atoms with E-state index < -0.39 is 0 Å². The van der Waals surface area contributed by atoms with Gasteiger partial charge in [-0.3, -0.25) is 4.98 Å². The lowest BCUT2D eigenvalue weighted by atomic mass is 10.3. The summed E-state index contributed by atoms with van der Waals surface area (Å²) in [5.74, 6) is 2.74. The van der Waals surface area contributed by atoms with Crippen molar-refractivity contribution >= 4 is 11.8 Å². The van der Waals surface area contributed by atoms with Crippen molar-refractivity contribution in [3.63, 3.8) is 0 Å². The molecule has 0 saturated heterocycles. The van der Waals surface area contributed by atoms with Crippen LogP contribution in [-0.2, 0) is 5.75 Å². The van der Waals surface area contributed by atoms with Crippen molar-refractivity contribution in [3.05, 3.63) is 23.5 Å². The summed E-state index contributed by atoms with van der Waals surface area (Å²) in [6.07, 6.45) is 0. The summed E-state index contributed by atoms with van der Waals surface area (Å²) in [7, 11) is 1.67. The maximum absolute atomic E-state index is 5.41. The highest BCUT2D eigenvalue weighted by atomic mass is 32.2. The van der Waals surface area contributed by atoms with E-state index in [0.29, 0.717) is 6.54 Å². The lowest BCUT2D eigenvalue weighted by Crippen LogP contribution is -2.02. The van der Waals surface area contributed by atoms with Crippen molar-refractivity contribution in [1.82, 2.24) is 4.98 Å². The van der Waals surface area contributed by atoms with Gasteiger partial charge < -0.3 is 10.5 Å². The summed E-state index contributed by atoms with van der Waals surface area (Å²) in [6.45, 7) is 2.69. The molecule has 0 unspecified atom stereocenters. The molecule has 0 spiro atoms. The SMILES string of the molecule is COc1cc(C)nc(CSCCN)c1. The molecule has 14 heavy (non-hydrogen) atoms. The first-order chi connectivity index (χ1) is 6.76. The first-order valence-electron chi connectivity index (χ1n) is 4.55. The highest BCUT2D eigenvalue weighted by Crippen LogP contribution is 2.17. The van der Waals surface area contributed by atoms with Crippen LogP contribution in [0, 0.1) is 6.92 Å². The van der Waals surface area contributed by atoms with Crippen molar-refractivity contribution in [3.8, 4) is 5.75 Å². The molecule has 78 valence electrons. The highest BCUT2D eigenvalue weighted by molar-refractivity contribution is 7.98. The smallest absolute Gasteiger partial charge is 0.122 e. The first-order valence-corrected chi connectivity index (χ1v) is 5.71. The third-order valence-electron chi connectivity index (χ3n) is 1.73. The minimum atomic E-state index is 0.716. The molecule has 1 rings (SSSR count). The number of ether oxygens (including phenoxy) is 1. The number of rotatable bonds is 5. The zero-order valence-corrected chi connectivity index (χ0v) is 9.43. The fourth-order valence-corrected chi connectivity index (χ4v) is 1.82. The zero-order chi connectivity index (χ0) is 10.4. The van der Waals surface area contributed by atoms with Gasteiger partial charge in [0.15, 0.2) is 0 Å². The minimum Gasteiger partial charge on any atom is -0.497 e. The number of methoxy groups -OCH3 is 1. The molecule has 0 amide bonds. The van der Waals surface area contributed by atoms with Gasteiger partial charge in [-0.15, -0.1) is 0 Å². The molecule has 0 saturated carbocycles. The number of hydrogen-bond donors (Lipinski definition) is 1. The summed E-state index contributed by atoms with van der Waals surface area (Å²) in [5, 5.41) is 0. The summed E-state index contributed by atoms with van der Waals surface area (Å²) in [6, 6.07) is 3.90. The molecule has 0 atom stereocenters. The van der Waals surface area contributed by atoms with Gasteiger partial charge in [0.25, 0.3) is 0 Å². The van der Waals surface area contributed by atoms with Crippen LogP contribution in [0.2, 0.25) is 0 Å². The molecule has 0 radical (unpaired) electrons. The molecule has 0 aromatic carbocycles. The fraction of sp³-hybridized carbons (Fsp3) is 0.500. The molecule has 4 heteroatoms. The molecule has 0 bridgehead atoms. The van der Waals surface area contributed by atoms with Gasteiger partial charge in [0, 0.05) is 35.9 Å². The minimum absolute atomic E-state index is 0.716. The van der Waals surface area contributed by atoms with Crippen molar-refractivity contribution in [2.24, 2.45) is 5.73 Å². The predicted octanol–water partition coefficient (Wildman–Crippen LogP) is 1.59. The number of aryl methyl sites for hydroxylation is 1. The van der Waals surface area contributed by atoms with Gasteiger partial charge in [0.1, 0.15) is 5.75 Å². The van der Waals surface area contributed by atoms with Gasteiger partial charge in [-0.2, -0.15) is 11.8 Å². The van der Waals surface area contributed by atoms with E-state index in [4.69, 9.17) is 10.5 Å². The van der Waals surface area contributed by atoms with E-state index >= 15 is 0 Å². The molecular formula is C10H16N2OS. The van der Waals surface area contributed by atoms with Crippen LogP contribution < -0.4 is 10.5 Å². The Morgan fingerprint density at radius 2 is 2.29 bits per heavy atom. The normalized spacial score (nSPS) is 10.2. The van der Waals surface area contributed by atoms with Gasteiger partial charge in [-0.25, -0.2) is 0 Å². The summed E-state index contributed by atoms with van der Waals surface area (Å²) in [4.78, 5) is 4.41. The second-order valence-corrected chi connectivity index (χ2v) is 4.09. The van der Waals surface area contributed by atoms with Crippen molar-refractivity contribution in [2.45, 2.75) is 12.7 Å². The zero-order valence-electron chi connectivity index (χ0n) is 8.62. The molecule has 0 fully saturated rings. The fourth-order valence-electron chi connectivity index (χ4n) is 1.15. The van der Waals surface area contributed by atoms with Crippen LogP contribution >= 0.6 is 11.8 Å². The van der Waals surface area contributed by atoms with Gasteiger partial charge >= 0.3 is 0 Å². The Kier molecular flexibility index (Phi) is 4.76. The number of nitrogens with zero attached hydrogens (tertiary/aromatic N) is 1. The summed E-state index contributed by atoms with van der Waals surface area (Å²) < 4.78 is 5.17. The number of hydrogen-bond acceptors (Lipinski definition) is 4. The molecule has 1 aromatic rings. The maximum atomic E-state index is 5.41. The third-order valence-corrected chi connectivity index (χ3v) is 2.75. The number of pyridine rings is 1. The molecule has 0 aliphatic carbocycles. The number of nitrogens with two attached hydrogens (primary N) is 1. The second-order valence-electron chi connectivity index (χ2n) is 2.98. The van der Waals surface area contributed by atoms with Crippen molar-refractivity contribution < 1.29 is 4.74 Å². The standard InChI is InChI=1S/C10H16N2OS/c1-8-5-10(13-2)6-9(12-8)7-14-4-3-11/h5-6H,3-4,7,11H2,1-2H3. The number of aromatic nitrogens is 1. The second kappa shape index (κ2) is 5.88. The maximum Gasteiger partial charge on any atom is 0.122 e. The third kappa shape index (κ3) is 3.55. The van der Waals surface area contributed by atoms with Crippen molar-refractivity contribution in [1.29, 1.82) is 0 Å². The van der Waals surface area contributed by atoms with E-state index in [1.54, 1.807) is 18.9 Å². The van der Waals surface area contributed by atoms with E-state index in [1.807, 2.05) is 19.1 Å². The Balaban J connectivity index is 2.62. The first kappa shape index (κ1) is 11.3. The van der Waals surface area contributed by atoms with Crippen molar-refractivity contribution in [2.75, 3.05) is 19.4 Å². The number of thioether (sulfide) groups is 1. The van der Waals surface area contributed by atoms with Crippen LogP contribution in [0.5, 0.6) is 5.75 Å². The Hall–Kier alpha value is -0.740. The van der Waals surface area contributed by atoms with Crippen LogP contribution in [-0.4, -0.2) is 24.4 Å². The molecular weight excluding hydrogens is 196 g/mol. The van der Waals surface area contributed by atoms with Gasteiger partial charge in [-0.1, -0.05) is 0 Å². The monoisotopic (exact) mass is 212 g/mol.